The Hall–Kier alpha value is -2.33. The van der Waals surface area contributed by atoms with Crippen LogP contribution in [0.25, 0.3) is 16.9 Å². The third-order valence-electron chi connectivity index (χ3n) is 3.14. The first-order valence-corrected chi connectivity index (χ1v) is 6.58. The molecule has 4 nitrogen and oxygen atoms in total. The van der Waals surface area contributed by atoms with Crippen molar-refractivity contribution in [2.75, 3.05) is 5.73 Å². The molecule has 1 heterocycles. The molecule has 2 aromatic carbocycles. The van der Waals surface area contributed by atoms with Gasteiger partial charge in [0.1, 0.15) is 5.69 Å². The molecule has 20 heavy (non-hydrogen) atoms. The number of hydrogen-bond acceptors (Lipinski definition) is 3. The molecule has 2 N–H and O–H groups in total. The molecule has 0 saturated heterocycles. The van der Waals surface area contributed by atoms with Gasteiger partial charge in [-0.1, -0.05) is 41.1 Å². The highest BCUT2D eigenvalue weighted by molar-refractivity contribution is 6.31. The SMILES string of the molecule is Cc1cc(-c2nnn(-c3ccccc3)c2N)ccc1Cl. The van der Waals surface area contributed by atoms with E-state index in [9.17, 15) is 0 Å². The molecule has 0 aliphatic heterocycles. The molecule has 0 spiro atoms. The number of nitrogens with two attached hydrogens (primary N) is 1. The maximum atomic E-state index is 6.16. The van der Waals surface area contributed by atoms with Crippen LogP contribution < -0.4 is 5.73 Å². The number of hydrogen-bond donors (Lipinski definition) is 1. The summed E-state index contributed by atoms with van der Waals surface area (Å²) in [5.74, 6) is 0.512. The van der Waals surface area contributed by atoms with Gasteiger partial charge in [0.15, 0.2) is 5.82 Å². The van der Waals surface area contributed by atoms with Gasteiger partial charge in [-0.15, -0.1) is 5.10 Å². The Kier molecular flexibility index (Phi) is 3.16. The summed E-state index contributed by atoms with van der Waals surface area (Å²) >= 11 is 6.04. The predicted octanol–water partition coefficient (Wildman–Crippen LogP) is 3.48. The number of nitrogens with zero attached hydrogens (tertiary/aromatic N) is 3. The number of nitrogen functional groups attached to an aromatic ring is 1. The average molecular weight is 285 g/mol. The smallest absolute Gasteiger partial charge is 0.155 e. The van der Waals surface area contributed by atoms with Crippen molar-refractivity contribution in [3.63, 3.8) is 0 Å². The highest BCUT2D eigenvalue weighted by atomic mass is 35.5. The molecule has 5 heteroatoms. The van der Waals surface area contributed by atoms with E-state index in [0.717, 1.165) is 21.8 Å². The van der Waals surface area contributed by atoms with Crippen molar-refractivity contribution < 1.29 is 0 Å². The average Bonchev–Trinajstić information content (AvgIpc) is 2.85. The molecular weight excluding hydrogens is 272 g/mol. The van der Waals surface area contributed by atoms with Gasteiger partial charge in [-0.2, -0.15) is 4.68 Å². The predicted molar refractivity (Wildman–Crippen MR) is 81.0 cm³/mol. The summed E-state index contributed by atoms with van der Waals surface area (Å²) < 4.78 is 1.62. The van der Waals surface area contributed by atoms with Crippen LogP contribution in [0.15, 0.2) is 48.5 Å². The molecule has 0 aliphatic rings. The summed E-state index contributed by atoms with van der Waals surface area (Å²) in [6.07, 6.45) is 0. The highest BCUT2D eigenvalue weighted by Gasteiger charge is 2.13. The Morgan fingerprint density at radius 2 is 1.85 bits per heavy atom. The van der Waals surface area contributed by atoms with Crippen molar-refractivity contribution in [2.24, 2.45) is 0 Å². The van der Waals surface area contributed by atoms with Crippen LogP contribution in [0.3, 0.4) is 0 Å². The number of halogens is 1. The van der Waals surface area contributed by atoms with Crippen molar-refractivity contribution in [3.05, 3.63) is 59.1 Å². The van der Waals surface area contributed by atoms with Gasteiger partial charge >= 0.3 is 0 Å². The van der Waals surface area contributed by atoms with Gasteiger partial charge in [0.2, 0.25) is 0 Å². The van der Waals surface area contributed by atoms with Crippen molar-refractivity contribution in [3.8, 4) is 16.9 Å². The van der Waals surface area contributed by atoms with E-state index >= 15 is 0 Å². The summed E-state index contributed by atoms with van der Waals surface area (Å²) in [7, 11) is 0. The zero-order valence-electron chi connectivity index (χ0n) is 10.9. The summed E-state index contributed by atoms with van der Waals surface area (Å²) in [6, 6.07) is 15.4. The summed E-state index contributed by atoms with van der Waals surface area (Å²) in [6.45, 7) is 1.95. The van der Waals surface area contributed by atoms with Crippen LogP contribution >= 0.6 is 11.6 Å². The first kappa shape index (κ1) is 12.7. The molecule has 0 fully saturated rings. The zero-order valence-corrected chi connectivity index (χ0v) is 11.7. The molecular formula is C15H13ClN4. The molecule has 3 rings (SSSR count). The quantitative estimate of drug-likeness (QED) is 0.784. The molecule has 0 atom stereocenters. The van der Waals surface area contributed by atoms with E-state index in [-0.39, 0.29) is 0 Å². The number of benzene rings is 2. The van der Waals surface area contributed by atoms with E-state index in [1.165, 1.54) is 0 Å². The van der Waals surface area contributed by atoms with Crippen molar-refractivity contribution in [1.82, 2.24) is 15.0 Å². The third kappa shape index (κ3) is 2.14. The summed E-state index contributed by atoms with van der Waals surface area (Å²) in [4.78, 5) is 0. The van der Waals surface area contributed by atoms with Crippen LogP contribution in [0.4, 0.5) is 5.82 Å². The number of aryl methyl sites for hydroxylation is 1. The molecule has 0 radical (unpaired) electrons. The van der Waals surface area contributed by atoms with Gasteiger partial charge in [0, 0.05) is 10.6 Å². The standard InChI is InChI=1S/C15H13ClN4/c1-10-9-11(7-8-13(10)16)14-15(17)20(19-18-14)12-5-3-2-4-6-12/h2-9H,17H2,1H3. The second-order valence-corrected chi connectivity index (χ2v) is 4.94. The van der Waals surface area contributed by atoms with E-state index in [1.54, 1.807) is 4.68 Å². The lowest BCUT2D eigenvalue weighted by Crippen LogP contribution is -2.01. The fourth-order valence-corrected chi connectivity index (χ4v) is 2.16. The molecule has 0 amide bonds. The first-order valence-electron chi connectivity index (χ1n) is 6.20. The zero-order chi connectivity index (χ0) is 14.1. The minimum absolute atomic E-state index is 0.512. The number of rotatable bonds is 2. The molecule has 0 unspecified atom stereocenters. The van der Waals surface area contributed by atoms with Crippen molar-refractivity contribution >= 4 is 17.4 Å². The largest absolute Gasteiger partial charge is 0.382 e. The summed E-state index contributed by atoms with van der Waals surface area (Å²) in [5, 5.41) is 9.03. The molecule has 100 valence electrons. The Morgan fingerprint density at radius 1 is 1.10 bits per heavy atom. The van der Waals surface area contributed by atoms with Gasteiger partial charge in [0.25, 0.3) is 0 Å². The topological polar surface area (TPSA) is 56.7 Å². The fourth-order valence-electron chi connectivity index (χ4n) is 2.05. The molecule has 0 bridgehead atoms. The van der Waals surface area contributed by atoms with E-state index in [4.69, 9.17) is 17.3 Å². The lowest BCUT2D eigenvalue weighted by Gasteiger charge is -2.04. The third-order valence-corrected chi connectivity index (χ3v) is 3.56. The fraction of sp³-hybridized carbons (Fsp3) is 0.0667. The van der Waals surface area contributed by atoms with Crippen molar-refractivity contribution in [1.29, 1.82) is 0 Å². The van der Waals surface area contributed by atoms with Gasteiger partial charge in [-0.25, -0.2) is 0 Å². The Bertz CT molecular complexity index is 750. The van der Waals surface area contributed by atoms with Gasteiger partial charge in [-0.05, 0) is 36.8 Å². The van der Waals surface area contributed by atoms with E-state index in [1.807, 2.05) is 55.5 Å². The normalized spacial score (nSPS) is 10.7. The van der Waals surface area contributed by atoms with Crippen LogP contribution in [0.2, 0.25) is 5.02 Å². The van der Waals surface area contributed by atoms with Crippen LogP contribution in [0.1, 0.15) is 5.56 Å². The van der Waals surface area contributed by atoms with E-state index in [0.29, 0.717) is 11.5 Å². The summed E-state index contributed by atoms with van der Waals surface area (Å²) in [5.41, 5.74) is 9.60. The van der Waals surface area contributed by atoms with Gasteiger partial charge in [0.05, 0.1) is 5.69 Å². The maximum Gasteiger partial charge on any atom is 0.155 e. The Balaban J connectivity index is 2.08. The van der Waals surface area contributed by atoms with Crippen molar-refractivity contribution in [2.45, 2.75) is 6.92 Å². The lowest BCUT2D eigenvalue weighted by molar-refractivity contribution is 0.810. The maximum absolute atomic E-state index is 6.16. The van der Waals surface area contributed by atoms with Crippen LogP contribution in [0, 0.1) is 6.92 Å². The second kappa shape index (κ2) is 4.98. The monoisotopic (exact) mass is 284 g/mol. The Morgan fingerprint density at radius 3 is 2.55 bits per heavy atom. The van der Waals surface area contributed by atoms with E-state index in [2.05, 4.69) is 10.3 Å². The molecule has 3 aromatic rings. The molecule has 0 aliphatic carbocycles. The van der Waals surface area contributed by atoms with Crippen LogP contribution in [-0.4, -0.2) is 15.0 Å². The minimum atomic E-state index is 0.512. The second-order valence-electron chi connectivity index (χ2n) is 4.53. The van der Waals surface area contributed by atoms with Gasteiger partial charge in [-0.3, -0.25) is 0 Å². The molecule has 0 saturated carbocycles. The Labute approximate surface area is 121 Å². The number of aromatic nitrogens is 3. The van der Waals surface area contributed by atoms with Gasteiger partial charge < -0.3 is 5.73 Å². The number of anilines is 1. The van der Waals surface area contributed by atoms with Crippen LogP contribution in [0.5, 0.6) is 0 Å². The molecule has 1 aromatic heterocycles. The first-order chi connectivity index (χ1) is 9.66. The lowest BCUT2D eigenvalue weighted by atomic mass is 10.1. The minimum Gasteiger partial charge on any atom is -0.382 e. The van der Waals surface area contributed by atoms with Crippen LogP contribution in [-0.2, 0) is 0 Å². The van der Waals surface area contributed by atoms with E-state index < -0.39 is 0 Å². The highest BCUT2D eigenvalue weighted by Crippen LogP contribution is 2.28. The number of para-hydroxylation sites is 1.